The van der Waals surface area contributed by atoms with E-state index in [2.05, 4.69) is 35.5 Å². The van der Waals surface area contributed by atoms with E-state index in [0.29, 0.717) is 16.6 Å². The van der Waals surface area contributed by atoms with Crippen molar-refractivity contribution in [2.45, 2.75) is 65.3 Å². The fourth-order valence-corrected chi connectivity index (χ4v) is 3.14. The number of rotatable bonds is 4. The summed E-state index contributed by atoms with van der Waals surface area (Å²) in [6.45, 7) is 7.57. The molecule has 1 aliphatic carbocycles. The van der Waals surface area contributed by atoms with Gasteiger partial charge in [-0.05, 0) is 36.3 Å². The minimum absolute atomic E-state index is 0.380. The highest BCUT2D eigenvalue weighted by molar-refractivity contribution is 6.28. The van der Waals surface area contributed by atoms with Crippen LogP contribution >= 0.6 is 11.6 Å². The van der Waals surface area contributed by atoms with Crippen LogP contribution in [0.2, 0.25) is 5.28 Å². The van der Waals surface area contributed by atoms with Crippen LogP contribution in [0.15, 0.2) is 0 Å². The van der Waals surface area contributed by atoms with Crippen molar-refractivity contribution in [3.05, 3.63) is 11.1 Å². The quantitative estimate of drug-likeness (QED) is 0.813. The summed E-state index contributed by atoms with van der Waals surface area (Å²) < 4.78 is 2.13. The second-order valence-corrected chi connectivity index (χ2v) is 5.97. The van der Waals surface area contributed by atoms with Crippen molar-refractivity contribution in [3.8, 4) is 0 Å². The van der Waals surface area contributed by atoms with Crippen LogP contribution in [0.1, 0.15) is 64.6 Å². The molecular formula is C13H22ClN3. The second kappa shape index (κ2) is 4.97. The normalized spacial score (nSPS) is 19.1. The van der Waals surface area contributed by atoms with Crippen LogP contribution in [0.4, 0.5) is 0 Å². The van der Waals surface area contributed by atoms with Crippen LogP contribution in [0, 0.1) is 5.41 Å². The van der Waals surface area contributed by atoms with Gasteiger partial charge in [-0.3, -0.25) is 0 Å². The highest BCUT2D eigenvalue weighted by Gasteiger charge is 2.34. The van der Waals surface area contributed by atoms with Gasteiger partial charge >= 0.3 is 0 Å². The van der Waals surface area contributed by atoms with Crippen molar-refractivity contribution in [3.63, 3.8) is 0 Å². The molecule has 0 N–H and O–H groups in total. The Hall–Kier alpha value is -0.570. The lowest BCUT2D eigenvalue weighted by Gasteiger charge is -2.29. The Kier molecular flexibility index (Phi) is 3.76. The molecule has 1 aromatic heterocycles. The fraction of sp³-hybridized carbons (Fsp3) is 0.846. The standard InChI is InChI=1S/C13H22ClN3/c1-4-13(7-5-6-8-13)9-17-11(10(2)3)15-16-12(17)14/h10H,4-9H2,1-3H3. The highest BCUT2D eigenvalue weighted by atomic mass is 35.5. The number of halogens is 1. The molecule has 0 amide bonds. The Balaban J connectivity index is 2.25. The molecule has 2 rings (SSSR count). The molecule has 0 aromatic carbocycles. The molecule has 0 radical (unpaired) electrons. The Bertz CT molecular complexity index is 378. The lowest BCUT2D eigenvalue weighted by atomic mass is 9.83. The molecule has 0 bridgehead atoms. The Morgan fingerprint density at radius 3 is 2.47 bits per heavy atom. The van der Waals surface area contributed by atoms with E-state index in [0.717, 1.165) is 12.4 Å². The maximum Gasteiger partial charge on any atom is 0.225 e. The Morgan fingerprint density at radius 2 is 1.94 bits per heavy atom. The van der Waals surface area contributed by atoms with Gasteiger partial charge in [0.05, 0.1) is 0 Å². The number of aromatic nitrogens is 3. The third kappa shape index (κ3) is 2.49. The van der Waals surface area contributed by atoms with Crippen molar-refractivity contribution in [1.29, 1.82) is 0 Å². The van der Waals surface area contributed by atoms with Crippen molar-refractivity contribution in [2.75, 3.05) is 0 Å². The summed E-state index contributed by atoms with van der Waals surface area (Å²) in [5.74, 6) is 1.40. The van der Waals surface area contributed by atoms with Crippen molar-refractivity contribution >= 4 is 11.6 Å². The molecule has 0 aliphatic heterocycles. The largest absolute Gasteiger partial charge is 0.301 e. The monoisotopic (exact) mass is 255 g/mol. The lowest BCUT2D eigenvalue weighted by Crippen LogP contribution is -2.24. The first-order valence-electron chi connectivity index (χ1n) is 6.66. The summed E-state index contributed by atoms with van der Waals surface area (Å²) >= 11 is 6.18. The van der Waals surface area contributed by atoms with Crippen LogP contribution in [0.25, 0.3) is 0 Å². The second-order valence-electron chi connectivity index (χ2n) is 5.63. The lowest BCUT2D eigenvalue weighted by molar-refractivity contribution is 0.233. The van der Waals surface area contributed by atoms with Crippen molar-refractivity contribution in [2.24, 2.45) is 5.41 Å². The SMILES string of the molecule is CCC1(Cn2c(Cl)nnc2C(C)C)CCCC1. The van der Waals surface area contributed by atoms with E-state index in [1.165, 1.54) is 32.1 Å². The zero-order chi connectivity index (χ0) is 12.5. The average molecular weight is 256 g/mol. The molecule has 1 fully saturated rings. The summed E-state index contributed by atoms with van der Waals surface area (Å²) in [6.07, 6.45) is 6.55. The molecule has 96 valence electrons. The van der Waals surface area contributed by atoms with E-state index < -0.39 is 0 Å². The van der Waals surface area contributed by atoms with Gasteiger partial charge in [0.2, 0.25) is 5.28 Å². The minimum Gasteiger partial charge on any atom is -0.301 e. The van der Waals surface area contributed by atoms with E-state index in [4.69, 9.17) is 11.6 Å². The van der Waals surface area contributed by atoms with Gasteiger partial charge in [0.15, 0.2) is 0 Å². The van der Waals surface area contributed by atoms with E-state index >= 15 is 0 Å². The van der Waals surface area contributed by atoms with Gasteiger partial charge < -0.3 is 4.57 Å². The van der Waals surface area contributed by atoms with Crippen LogP contribution in [0.5, 0.6) is 0 Å². The topological polar surface area (TPSA) is 30.7 Å². The third-order valence-electron chi connectivity index (χ3n) is 4.16. The van der Waals surface area contributed by atoms with Gasteiger partial charge in [-0.25, -0.2) is 0 Å². The molecule has 1 saturated carbocycles. The maximum atomic E-state index is 6.18. The van der Waals surface area contributed by atoms with Crippen LogP contribution in [-0.4, -0.2) is 14.8 Å². The molecule has 0 spiro atoms. The maximum absolute atomic E-state index is 6.18. The van der Waals surface area contributed by atoms with E-state index in [9.17, 15) is 0 Å². The molecular weight excluding hydrogens is 234 g/mol. The predicted molar refractivity (Wildman–Crippen MR) is 70.3 cm³/mol. The molecule has 1 heterocycles. The third-order valence-corrected chi connectivity index (χ3v) is 4.44. The highest BCUT2D eigenvalue weighted by Crippen LogP contribution is 2.43. The summed E-state index contributed by atoms with van der Waals surface area (Å²) in [5, 5.41) is 8.78. The van der Waals surface area contributed by atoms with Gasteiger partial charge in [-0.15, -0.1) is 10.2 Å². The minimum atomic E-state index is 0.380. The number of hydrogen-bond donors (Lipinski definition) is 0. The average Bonchev–Trinajstić information content (AvgIpc) is 2.89. The molecule has 1 aliphatic rings. The molecule has 17 heavy (non-hydrogen) atoms. The molecule has 3 nitrogen and oxygen atoms in total. The number of hydrogen-bond acceptors (Lipinski definition) is 2. The van der Waals surface area contributed by atoms with Gasteiger partial charge in [-0.2, -0.15) is 0 Å². The molecule has 0 saturated heterocycles. The molecule has 0 unspecified atom stereocenters. The zero-order valence-electron chi connectivity index (χ0n) is 11.0. The first-order chi connectivity index (χ1) is 8.08. The summed E-state index contributed by atoms with van der Waals surface area (Å²) in [6, 6.07) is 0. The summed E-state index contributed by atoms with van der Waals surface area (Å²) in [7, 11) is 0. The first-order valence-corrected chi connectivity index (χ1v) is 7.04. The van der Waals surface area contributed by atoms with Gasteiger partial charge in [0.1, 0.15) is 5.82 Å². The number of nitrogens with zero attached hydrogens (tertiary/aromatic N) is 3. The molecule has 4 heteroatoms. The van der Waals surface area contributed by atoms with Crippen molar-refractivity contribution in [1.82, 2.24) is 14.8 Å². The van der Waals surface area contributed by atoms with Crippen LogP contribution in [0.3, 0.4) is 0 Å². The Morgan fingerprint density at radius 1 is 1.29 bits per heavy atom. The summed E-state index contributed by atoms with van der Waals surface area (Å²) in [5.41, 5.74) is 0.426. The predicted octanol–water partition coefficient (Wildman–Crippen LogP) is 4.03. The van der Waals surface area contributed by atoms with Gasteiger partial charge in [0, 0.05) is 12.5 Å². The van der Waals surface area contributed by atoms with Crippen LogP contribution < -0.4 is 0 Å². The van der Waals surface area contributed by atoms with E-state index in [1.54, 1.807) is 0 Å². The van der Waals surface area contributed by atoms with E-state index in [1.807, 2.05) is 0 Å². The first kappa shape index (κ1) is 12.9. The molecule has 1 aromatic rings. The molecule has 0 atom stereocenters. The van der Waals surface area contributed by atoms with Gasteiger partial charge in [0.25, 0.3) is 0 Å². The smallest absolute Gasteiger partial charge is 0.225 e. The Labute approximate surface area is 109 Å². The van der Waals surface area contributed by atoms with Crippen LogP contribution in [-0.2, 0) is 6.54 Å². The van der Waals surface area contributed by atoms with Crippen molar-refractivity contribution < 1.29 is 0 Å². The summed E-state index contributed by atoms with van der Waals surface area (Å²) in [4.78, 5) is 0. The van der Waals surface area contributed by atoms with E-state index in [-0.39, 0.29) is 0 Å². The van der Waals surface area contributed by atoms with Gasteiger partial charge in [-0.1, -0.05) is 33.6 Å². The zero-order valence-corrected chi connectivity index (χ0v) is 11.8. The fourth-order valence-electron chi connectivity index (χ4n) is 2.95.